The standard InChI is InChI=1S/C22H22N4O3/c27-10-9-24-22(28)17-6-4-5-16(11-17)19-12-26(18-7-2-1-3-8-18)21-20(19)13-29-15-23-14-25-21/h1-8,11-12,14,27H,9-10,13,15H2,(H,23,25)(H,24,28). The van der Waals surface area contributed by atoms with Gasteiger partial charge in [0.1, 0.15) is 12.5 Å². The Kier molecular flexibility index (Phi) is 5.69. The highest BCUT2D eigenvalue weighted by atomic mass is 16.5. The molecule has 0 fully saturated rings. The van der Waals surface area contributed by atoms with Gasteiger partial charge in [0, 0.05) is 35.1 Å². The summed E-state index contributed by atoms with van der Waals surface area (Å²) in [5, 5.41) is 14.9. The van der Waals surface area contributed by atoms with Gasteiger partial charge in [-0.25, -0.2) is 4.99 Å². The number of aromatic nitrogens is 1. The van der Waals surface area contributed by atoms with Crippen LogP contribution in [0.15, 0.2) is 65.8 Å². The normalized spacial score (nSPS) is 13.1. The lowest BCUT2D eigenvalue weighted by Gasteiger charge is -2.13. The summed E-state index contributed by atoms with van der Waals surface area (Å²) in [7, 11) is 0. The van der Waals surface area contributed by atoms with Crippen molar-refractivity contribution in [2.24, 2.45) is 4.99 Å². The van der Waals surface area contributed by atoms with E-state index in [0.717, 1.165) is 28.2 Å². The highest BCUT2D eigenvalue weighted by molar-refractivity contribution is 5.96. The molecule has 0 saturated carbocycles. The molecule has 148 valence electrons. The molecule has 1 amide bonds. The summed E-state index contributed by atoms with van der Waals surface area (Å²) in [4.78, 5) is 16.5. The molecule has 1 aliphatic rings. The molecule has 0 atom stereocenters. The number of nitrogens with one attached hydrogen (secondary N) is 2. The van der Waals surface area contributed by atoms with Gasteiger partial charge in [0.05, 0.1) is 19.6 Å². The van der Waals surface area contributed by atoms with Crippen LogP contribution in [-0.4, -0.2) is 41.8 Å². The molecule has 3 aromatic rings. The number of nitrogens with zero attached hydrogens (tertiary/aromatic N) is 2. The van der Waals surface area contributed by atoms with E-state index in [-0.39, 0.29) is 25.8 Å². The van der Waals surface area contributed by atoms with Crippen LogP contribution in [0, 0.1) is 0 Å². The second-order valence-corrected chi connectivity index (χ2v) is 6.57. The number of benzene rings is 2. The van der Waals surface area contributed by atoms with E-state index in [9.17, 15) is 4.79 Å². The number of aliphatic imine (C=N–C) groups is 1. The molecule has 4 rings (SSSR count). The van der Waals surface area contributed by atoms with Crippen molar-refractivity contribution in [3.8, 4) is 16.8 Å². The van der Waals surface area contributed by atoms with Crippen molar-refractivity contribution in [2.45, 2.75) is 6.61 Å². The largest absolute Gasteiger partial charge is 0.395 e. The molecule has 7 nitrogen and oxygen atoms in total. The van der Waals surface area contributed by atoms with E-state index in [1.807, 2.05) is 54.7 Å². The quantitative estimate of drug-likeness (QED) is 0.625. The first-order valence-corrected chi connectivity index (χ1v) is 9.39. The van der Waals surface area contributed by atoms with Crippen LogP contribution in [0.3, 0.4) is 0 Å². The van der Waals surface area contributed by atoms with Crippen LogP contribution in [0.5, 0.6) is 0 Å². The minimum Gasteiger partial charge on any atom is -0.395 e. The topological polar surface area (TPSA) is 87.9 Å². The van der Waals surface area contributed by atoms with E-state index >= 15 is 0 Å². The number of para-hydroxylation sites is 1. The lowest BCUT2D eigenvalue weighted by Crippen LogP contribution is -2.26. The SMILES string of the molecule is O=C(NCCO)c1cccc(-c2cn(-c3ccccc3)c3c2COCN=CN3)c1. The van der Waals surface area contributed by atoms with Gasteiger partial charge in [-0.05, 0) is 29.8 Å². The zero-order chi connectivity index (χ0) is 20.1. The highest BCUT2D eigenvalue weighted by Gasteiger charge is 2.19. The van der Waals surface area contributed by atoms with Gasteiger partial charge in [-0.1, -0.05) is 30.3 Å². The molecule has 1 aliphatic heterocycles. The maximum absolute atomic E-state index is 12.3. The third kappa shape index (κ3) is 4.06. The van der Waals surface area contributed by atoms with Gasteiger partial charge in [0.2, 0.25) is 0 Å². The molecule has 0 aliphatic carbocycles. The number of fused-ring (bicyclic) bond motifs is 1. The number of carbonyl (C=O) groups is 1. The van der Waals surface area contributed by atoms with Crippen molar-refractivity contribution in [3.63, 3.8) is 0 Å². The van der Waals surface area contributed by atoms with E-state index in [0.29, 0.717) is 12.2 Å². The Morgan fingerprint density at radius 3 is 2.90 bits per heavy atom. The molecule has 3 N–H and O–H groups in total. The molecule has 0 bridgehead atoms. The number of carbonyl (C=O) groups excluding carboxylic acids is 1. The average molecular weight is 390 g/mol. The number of rotatable bonds is 5. The predicted molar refractivity (Wildman–Crippen MR) is 112 cm³/mol. The van der Waals surface area contributed by atoms with E-state index < -0.39 is 0 Å². The Bertz CT molecular complexity index is 1030. The number of ether oxygens (including phenoxy) is 1. The first-order chi connectivity index (χ1) is 14.3. The molecule has 0 radical (unpaired) electrons. The van der Waals surface area contributed by atoms with Gasteiger partial charge in [-0.15, -0.1) is 0 Å². The van der Waals surface area contributed by atoms with Crippen molar-refractivity contribution in [3.05, 3.63) is 71.9 Å². The summed E-state index contributed by atoms with van der Waals surface area (Å²) < 4.78 is 7.74. The molecule has 0 saturated heterocycles. The molecule has 2 heterocycles. The zero-order valence-corrected chi connectivity index (χ0v) is 15.8. The molecular formula is C22H22N4O3. The van der Waals surface area contributed by atoms with Crippen LogP contribution < -0.4 is 10.6 Å². The minimum atomic E-state index is -0.215. The number of hydrogen-bond acceptors (Lipinski definition) is 5. The van der Waals surface area contributed by atoms with E-state index in [4.69, 9.17) is 9.84 Å². The summed E-state index contributed by atoms with van der Waals surface area (Å²) in [6.07, 6.45) is 3.68. The lowest BCUT2D eigenvalue weighted by atomic mass is 10.0. The predicted octanol–water partition coefficient (Wildman–Crippen LogP) is 2.79. The first-order valence-electron chi connectivity index (χ1n) is 9.39. The molecule has 29 heavy (non-hydrogen) atoms. The van der Waals surface area contributed by atoms with Crippen LogP contribution in [0.25, 0.3) is 16.8 Å². The van der Waals surface area contributed by atoms with Crippen molar-refractivity contribution in [1.82, 2.24) is 9.88 Å². The van der Waals surface area contributed by atoms with E-state index in [1.54, 1.807) is 12.4 Å². The van der Waals surface area contributed by atoms with Crippen molar-refractivity contribution in [1.29, 1.82) is 0 Å². The van der Waals surface area contributed by atoms with Gasteiger partial charge in [-0.3, -0.25) is 4.79 Å². The summed E-state index contributed by atoms with van der Waals surface area (Å²) in [5.41, 5.74) is 4.43. The Hall–Kier alpha value is -3.42. The monoisotopic (exact) mass is 390 g/mol. The molecule has 0 spiro atoms. The zero-order valence-electron chi connectivity index (χ0n) is 15.8. The van der Waals surface area contributed by atoms with E-state index in [2.05, 4.69) is 20.2 Å². The second-order valence-electron chi connectivity index (χ2n) is 6.57. The van der Waals surface area contributed by atoms with Crippen molar-refractivity contribution < 1.29 is 14.6 Å². The van der Waals surface area contributed by atoms with Crippen LogP contribution in [0.4, 0.5) is 5.82 Å². The maximum atomic E-state index is 12.3. The number of amides is 1. The highest BCUT2D eigenvalue weighted by Crippen LogP contribution is 2.35. The molecule has 1 aromatic heterocycles. The molecule has 2 aromatic carbocycles. The van der Waals surface area contributed by atoms with Crippen LogP contribution in [-0.2, 0) is 11.3 Å². The lowest BCUT2D eigenvalue weighted by molar-refractivity contribution is 0.0945. The van der Waals surface area contributed by atoms with Gasteiger partial charge in [-0.2, -0.15) is 0 Å². The first kappa shape index (κ1) is 18.9. The van der Waals surface area contributed by atoms with Gasteiger partial charge >= 0.3 is 0 Å². The third-order valence-electron chi connectivity index (χ3n) is 4.68. The van der Waals surface area contributed by atoms with Crippen LogP contribution >= 0.6 is 0 Å². The third-order valence-corrected chi connectivity index (χ3v) is 4.68. The van der Waals surface area contributed by atoms with Crippen LogP contribution in [0.1, 0.15) is 15.9 Å². The van der Waals surface area contributed by atoms with Crippen molar-refractivity contribution in [2.75, 3.05) is 25.2 Å². The fourth-order valence-electron chi connectivity index (χ4n) is 3.33. The minimum absolute atomic E-state index is 0.0938. The number of aliphatic hydroxyl groups is 1. The second kappa shape index (κ2) is 8.72. The van der Waals surface area contributed by atoms with Gasteiger partial charge in [0.25, 0.3) is 5.91 Å². The average Bonchev–Trinajstić information content (AvgIpc) is 3.09. The number of hydrogen-bond donors (Lipinski definition) is 3. The molecular weight excluding hydrogens is 368 g/mol. The maximum Gasteiger partial charge on any atom is 0.251 e. The summed E-state index contributed by atoms with van der Waals surface area (Å²) in [5.74, 6) is 0.664. The van der Waals surface area contributed by atoms with Gasteiger partial charge in [0.15, 0.2) is 0 Å². The Balaban J connectivity index is 1.80. The Labute approximate surface area is 168 Å². The smallest absolute Gasteiger partial charge is 0.251 e. The molecule has 0 unspecified atom stereocenters. The summed E-state index contributed by atoms with van der Waals surface area (Å²) in [6.45, 7) is 0.811. The Morgan fingerprint density at radius 2 is 2.07 bits per heavy atom. The van der Waals surface area contributed by atoms with Gasteiger partial charge < -0.3 is 25.0 Å². The van der Waals surface area contributed by atoms with Crippen molar-refractivity contribution >= 4 is 18.1 Å². The molecule has 7 heteroatoms. The fraction of sp³-hybridized carbons (Fsp3) is 0.182. The Morgan fingerprint density at radius 1 is 1.21 bits per heavy atom. The fourth-order valence-corrected chi connectivity index (χ4v) is 3.33. The summed E-state index contributed by atoms with van der Waals surface area (Å²) in [6, 6.07) is 17.4. The number of aliphatic hydroxyl groups excluding tert-OH is 1. The number of anilines is 1. The van der Waals surface area contributed by atoms with Crippen LogP contribution in [0.2, 0.25) is 0 Å². The summed E-state index contributed by atoms with van der Waals surface area (Å²) >= 11 is 0. The van der Waals surface area contributed by atoms with E-state index in [1.165, 1.54) is 0 Å².